The van der Waals surface area contributed by atoms with Crippen LogP contribution in [-0.4, -0.2) is 10.2 Å². The summed E-state index contributed by atoms with van der Waals surface area (Å²) in [4.78, 5) is 0. The van der Waals surface area contributed by atoms with Crippen molar-refractivity contribution in [2.45, 2.75) is 0 Å². The monoisotopic (exact) mass is 254 g/mol. The van der Waals surface area contributed by atoms with E-state index in [1.54, 1.807) is 18.2 Å². The molecule has 0 aliphatic heterocycles. The Morgan fingerprint density at radius 2 is 1.38 bits per heavy atom. The molecule has 16 heavy (non-hydrogen) atoms. The molecule has 2 N–H and O–H groups in total. The van der Waals surface area contributed by atoms with Crippen LogP contribution < -0.4 is 0 Å². The lowest BCUT2D eigenvalue weighted by atomic mass is 10.0. The van der Waals surface area contributed by atoms with E-state index in [1.165, 1.54) is 18.2 Å². The van der Waals surface area contributed by atoms with Crippen LogP contribution in [0.1, 0.15) is 0 Å². The van der Waals surface area contributed by atoms with Crippen LogP contribution in [0.5, 0.6) is 11.5 Å². The third kappa shape index (κ3) is 1.94. The quantitative estimate of drug-likeness (QED) is 0.806. The summed E-state index contributed by atoms with van der Waals surface area (Å²) in [5.41, 5.74) is 0.964. The molecule has 0 unspecified atom stereocenters. The molecule has 0 aliphatic carbocycles. The lowest BCUT2D eigenvalue weighted by molar-refractivity contribution is 0.469. The zero-order valence-corrected chi connectivity index (χ0v) is 9.63. The molecule has 0 aliphatic rings. The molecule has 0 bridgehead atoms. The van der Waals surface area contributed by atoms with Gasteiger partial charge >= 0.3 is 0 Å². The predicted octanol–water partition coefficient (Wildman–Crippen LogP) is 4.07. The maximum absolute atomic E-state index is 9.74. The van der Waals surface area contributed by atoms with Crippen LogP contribution in [-0.2, 0) is 0 Å². The van der Waals surface area contributed by atoms with Crippen LogP contribution in [0.3, 0.4) is 0 Å². The highest BCUT2D eigenvalue weighted by atomic mass is 35.5. The van der Waals surface area contributed by atoms with Crippen molar-refractivity contribution in [2.24, 2.45) is 0 Å². The Balaban J connectivity index is 2.65. The van der Waals surface area contributed by atoms with E-state index in [0.717, 1.165) is 0 Å². The van der Waals surface area contributed by atoms with E-state index in [9.17, 15) is 10.2 Å². The molecular weight excluding hydrogens is 247 g/mol. The van der Waals surface area contributed by atoms with E-state index in [1.807, 2.05) is 0 Å². The molecule has 0 atom stereocenters. The Kier molecular flexibility index (Phi) is 2.95. The smallest absolute Gasteiger partial charge is 0.125 e. The average molecular weight is 255 g/mol. The molecule has 0 spiro atoms. The number of benzene rings is 2. The molecule has 2 rings (SSSR count). The SMILES string of the molecule is Oc1ccccc1-c1cc(Cl)c(Cl)cc1O. The highest BCUT2D eigenvalue weighted by Crippen LogP contribution is 2.39. The van der Waals surface area contributed by atoms with Gasteiger partial charge in [-0.25, -0.2) is 0 Å². The average Bonchev–Trinajstić information content (AvgIpc) is 2.25. The molecule has 0 aromatic heterocycles. The molecule has 4 heteroatoms. The van der Waals surface area contributed by atoms with Gasteiger partial charge in [-0.3, -0.25) is 0 Å². The summed E-state index contributed by atoms with van der Waals surface area (Å²) < 4.78 is 0. The Labute approximate surface area is 103 Å². The first-order chi connectivity index (χ1) is 7.59. The first-order valence-corrected chi connectivity index (χ1v) is 5.31. The van der Waals surface area contributed by atoms with Gasteiger partial charge in [-0.05, 0) is 12.1 Å². The third-order valence-corrected chi connectivity index (χ3v) is 2.95. The number of para-hydroxylation sites is 1. The van der Waals surface area contributed by atoms with Gasteiger partial charge in [0.2, 0.25) is 0 Å². The Hall–Kier alpha value is -1.38. The molecular formula is C12H8Cl2O2. The molecule has 0 fully saturated rings. The van der Waals surface area contributed by atoms with E-state index in [0.29, 0.717) is 16.1 Å². The van der Waals surface area contributed by atoms with E-state index in [2.05, 4.69) is 0 Å². The molecule has 0 heterocycles. The predicted molar refractivity (Wildman–Crippen MR) is 65.2 cm³/mol. The molecule has 2 aromatic carbocycles. The molecule has 0 saturated heterocycles. The van der Waals surface area contributed by atoms with Crippen molar-refractivity contribution in [3.8, 4) is 22.6 Å². The minimum atomic E-state index is -0.0177. The molecule has 82 valence electrons. The van der Waals surface area contributed by atoms with Crippen LogP contribution in [0.25, 0.3) is 11.1 Å². The summed E-state index contributed by atoms with van der Waals surface area (Å²) in [6.07, 6.45) is 0. The summed E-state index contributed by atoms with van der Waals surface area (Å²) in [6.45, 7) is 0. The van der Waals surface area contributed by atoms with Crippen LogP contribution in [0.2, 0.25) is 10.0 Å². The molecule has 0 amide bonds. The summed E-state index contributed by atoms with van der Waals surface area (Å²) >= 11 is 11.6. The maximum atomic E-state index is 9.74. The van der Waals surface area contributed by atoms with Crippen LogP contribution in [0.15, 0.2) is 36.4 Å². The number of hydrogen-bond donors (Lipinski definition) is 2. The van der Waals surface area contributed by atoms with Crippen LogP contribution in [0.4, 0.5) is 0 Å². The van der Waals surface area contributed by atoms with Gasteiger partial charge in [0.15, 0.2) is 0 Å². The van der Waals surface area contributed by atoms with Crippen molar-refractivity contribution in [1.82, 2.24) is 0 Å². The number of rotatable bonds is 1. The highest BCUT2D eigenvalue weighted by molar-refractivity contribution is 6.42. The van der Waals surface area contributed by atoms with Gasteiger partial charge < -0.3 is 10.2 Å². The van der Waals surface area contributed by atoms with Crippen molar-refractivity contribution >= 4 is 23.2 Å². The van der Waals surface area contributed by atoms with Gasteiger partial charge in [-0.1, -0.05) is 41.4 Å². The largest absolute Gasteiger partial charge is 0.507 e. The second-order valence-corrected chi connectivity index (χ2v) is 4.12. The van der Waals surface area contributed by atoms with Crippen LogP contribution >= 0.6 is 23.2 Å². The summed E-state index contributed by atoms with van der Waals surface area (Å²) in [7, 11) is 0. The first kappa shape index (κ1) is 11.1. The van der Waals surface area contributed by atoms with Crippen molar-refractivity contribution in [1.29, 1.82) is 0 Å². The number of phenolic OH excluding ortho intramolecular Hbond substituents is 2. The summed E-state index contributed by atoms with van der Waals surface area (Å²) in [5.74, 6) is 0.0621. The zero-order chi connectivity index (χ0) is 11.7. The first-order valence-electron chi connectivity index (χ1n) is 4.56. The van der Waals surface area contributed by atoms with Gasteiger partial charge in [0.05, 0.1) is 10.0 Å². The second kappa shape index (κ2) is 4.24. The Bertz CT molecular complexity index is 539. The van der Waals surface area contributed by atoms with Crippen molar-refractivity contribution in [2.75, 3.05) is 0 Å². The van der Waals surface area contributed by atoms with Gasteiger partial charge in [0.1, 0.15) is 11.5 Å². The van der Waals surface area contributed by atoms with Crippen LogP contribution in [0, 0.1) is 0 Å². The van der Waals surface area contributed by atoms with Gasteiger partial charge in [-0.2, -0.15) is 0 Å². The molecule has 2 aromatic rings. The standard InChI is InChI=1S/C12H8Cl2O2/c13-9-5-8(12(16)6-10(9)14)7-3-1-2-4-11(7)15/h1-6,15-16H. The van der Waals surface area contributed by atoms with Gasteiger partial charge in [-0.15, -0.1) is 0 Å². The molecule has 2 nitrogen and oxygen atoms in total. The van der Waals surface area contributed by atoms with Gasteiger partial charge in [0.25, 0.3) is 0 Å². The fraction of sp³-hybridized carbons (Fsp3) is 0. The van der Waals surface area contributed by atoms with Crippen molar-refractivity contribution < 1.29 is 10.2 Å². The Morgan fingerprint density at radius 3 is 2.06 bits per heavy atom. The minimum absolute atomic E-state index is 0.0177. The fourth-order valence-electron chi connectivity index (χ4n) is 1.45. The fourth-order valence-corrected chi connectivity index (χ4v) is 1.78. The normalized spacial score (nSPS) is 10.4. The summed E-state index contributed by atoms with van der Waals surface area (Å²) in [6, 6.07) is 9.57. The number of halogens is 2. The third-order valence-electron chi connectivity index (χ3n) is 2.23. The zero-order valence-electron chi connectivity index (χ0n) is 8.11. The van der Waals surface area contributed by atoms with E-state index < -0.39 is 0 Å². The summed E-state index contributed by atoms with van der Waals surface area (Å²) in [5, 5.41) is 20.0. The maximum Gasteiger partial charge on any atom is 0.125 e. The topological polar surface area (TPSA) is 40.5 Å². The van der Waals surface area contributed by atoms with Crippen molar-refractivity contribution in [3.05, 3.63) is 46.4 Å². The second-order valence-electron chi connectivity index (χ2n) is 3.30. The van der Waals surface area contributed by atoms with Crippen molar-refractivity contribution in [3.63, 3.8) is 0 Å². The molecule has 0 radical (unpaired) electrons. The van der Waals surface area contributed by atoms with Gasteiger partial charge in [0, 0.05) is 17.2 Å². The highest BCUT2D eigenvalue weighted by Gasteiger charge is 2.11. The lowest BCUT2D eigenvalue weighted by Crippen LogP contribution is -1.81. The van der Waals surface area contributed by atoms with E-state index in [-0.39, 0.29) is 16.5 Å². The number of hydrogen-bond acceptors (Lipinski definition) is 2. The molecule has 0 saturated carbocycles. The lowest BCUT2D eigenvalue weighted by Gasteiger charge is -2.08. The number of phenols is 2. The minimum Gasteiger partial charge on any atom is -0.507 e. The van der Waals surface area contributed by atoms with E-state index >= 15 is 0 Å². The number of aromatic hydroxyl groups is 2. The Morgan fingerprint density at radius 1 is 0.750 bits per heavy atom. The van der Waals surface area contributed by atoms with E-state index in [4.69, 9.17) is 23.2 Å².